The number of hydrogen-bond acceptors (Lipinski definition) is 2. The normalized spacial score (nSPS) is 12.5. The number of nitrogens with two attached hydrogens (primary N) is 1. The van der Waals surface area contributed by atoms with Crippen LogP contribution in [0, 0.1) is 15.3 Å². The standard InChI is InChI=1S/C11H16FIN2/c1-3-7(2)6-15-11-4-8(12)9(13)5-10(11)14/h4-5,7,15H,3,6,14H2,1-2H3. The van der Waals surface area contributed by atoms with E-state index in [0.29, 0.717) is 20.9 Å². The smallest absolute Gasteiger partial charge is 0.138 e. The molecule has 0 saturated heterocycles. The highest BCUT2D eigenvalue weighted by molar-refractivity contribution is 14.1. The van der Waals surface area contributed by atoms with Crippen molar-refractivity contribution in [3.63, 3.8) is 0 Å². The van der Waals surface area contributed by atoms with Gasteiger partial charge in [-0.3, -0.25) is 0 Å². The molecule has 0 radical (unpaired) electrons. The van der Waals surface area contributed by atoms with Crippen LogP contribution < -0.4 is 11.1 Å². The molecule has 0 amide bonds. The zero-order valence-electron chi connectivity index (χ0n) is 8.98. The zero-order chi connectivity index (χ0) is 11.4. The van der Waals surface area contributed by atoms with Gasteiger partial charge >= 0.3 is 0 Å². The van der Waals surface area contributed by atoms with Gasteiger partial charge in [0, 0.05) is 12.6 Å². The summed E-state index contributed by atoms with van der Waals surface area (Å²) in [5.41, 5.74) is 7.07. The van der Waals surface area contributed by atoms with E-state index >= 15 is 0 Å². The lowest BCUT2D eigenvalue weighted by molar-refractivity contribution is 0.592. The van der Waals surface area contributed by atoms with Crippen LogP contribution in [0.5, 0.6) is 0 Å². The SMILES string of the molecule is CCC(C)CNc1cc(F)c(I)cc1N. The van der Waals surface area contributed by atoms with E-state index in [1.165, 1.54) is 6.07 Å². The van der Waals surface area contributed by atoms with E-state index in [-0.39, 0.29) is 5.82 Å². The quantitative estimate of drug-likeness (QED) is 0.658. The van der Waals surface area contributed by atoms with E-state index in [0.717, 1.165) is 13.0 Å². The third-order valence-electron chi connectivity index (χ3n) is 2.43. The van der Waals surface area contributed by atoms with Crippen molar-refractivity contribution in [3.05, 3.63) is 21.5 Å². The monoisotopic (exact) mass is 322 g/mol. The van der Waals surface area contributed by atoms with Crippen molar-refractivity contribution in [2.24, 2.45) is 5.92 Å². The van der Waals surface area contributed by atoms with Crippen molar-refractivity contribution in [1.82, 2.24) is 0 Å². The molecule has 84 valence electrons. The number of anilines is 2. The summed E-state index contributed by atoms with van der Waals surface area (Å²) in [6.07, 6.45) is 1.10. The summed E-state index contributed by atoms with van der Waals surface area (Å²) in [6, 6.07) is 3.11. The minimum atomic E-state index is -0.226. The Balaban J connectivity index is 2.73. The summed E-state index contributed by atoms with van der Waals surface area (Å²) in [7, 11) is 0. The number of benzene rings is 1. The number of nitrogens with one attached hydrogen (secondary N) is 1. The number of rotatable bonds is 4. The first kappa shape index (κ1) is 12.5. The summed E-state index contributed by atoms with van der Waals surface area (Å²) < 4.78 is 13.8. The van der Waals surface area contributed by atoms with Gasteiger partial charge in [-0.05, 0) is 34.6 Å². The largest absolute Gasteiger partial charge is 0.397 e. The molecule has 0 saturated carbocycles. The van der Waals surface area contributed by atoms with Gasteiger partial charge in [0.1, 0.15) is 5.82 Å². The van der Waals surface area contributed by atoms with Gasteiger partial charge in [-0.1, -0.05) is 20.3 Å². The fraction of sp³-hybridized carbons (Fsp3) is 0.455. The van der Waals surface area contributed by atoms with Crippen LogP contribution >= 0.6 is 22.6 Å². The average Bonchev–Trinajstić information content (AvgIpc) is 2.21. The molecule has 1 unspecified atom stereocenters. The highest BCUT2D eigenvalue weighted by Crippen LogP contribution is 2.24. The Hall–Kier alpha value is -0.520. The van der Waals surface area contributed by atoms with Gasteiger partial charge in [0.05, 0.1) is 14.9 Å². The molecule has 15 heavy (non-hydrogen) atoms. The van der Waals surface area contributed by atoms with E-state index in [1.807, 2.05) is 22.6 Å². The summed E-state index contributed by atoms with van der Waals surface area (Å²) >= 11 is 1.93. The maximum atomic E-state index is 13.3. The van der Waals surface area contributed by atoms with Crippen molar-refractivity contribution in [2.75, 3.05) is 17.6 Å². The van der Waals surface area contributed by atoms with E-state index in [2.05, 4.69) is 19.2 Å². The van der Waals surface area contributed by atoms with Crippen molar-refractivity contribution >= 4 is 34.0 Å². The van der Waals surface area contributed by atoms with Crippen molar-refractivity contribution in [3.8, 4) is 0 Å². The molecule has 0 aliphatic rings. The molecule has 0 aromatic heterocycles. The zero-order valence-corrected chi connectivity index (χ0v) is 11.1. The van der Waals surface area contributed by atoms with Crippen molar-refractivity contribution < 1.29 is 4.39 Å². The highest BCUT2D eigenvalue weighted by atomic mass is 127. The Morgan fingerprint density at radius 2 is 2.20 bits per heavy atom. The summed E-state index contributed by atoms with van der Waals surface area (Å²) in [5.74, 6) is 0.336. The van der Waals surface area contributed by atoms with Gasteiger partial charge in [0.25, 0.3) is 0 Å². The molecule has 0 spiro atoms. The minimum Gasteiger partial charge on any atom is -0.397 e. The van der Waals surface area contributed by atoms with Gasteiger partial charge in [0.15, 0.2) is 0 Å². The first-order valence-corrected chi connectivity index (χ1v) is 6.10. The predicted octanol–water partition coefficient (Wildman–Crippen LogP) is 3.47. The fourth-order valence-electron chi connectivity index (χ4n) is 1.14. The first-order valence-electron chi connectivity index (χ1n) is 5.03. The fourth-order valence-corrected chi connectivity index (χ4v) is 1.64. The molecule has 3 N–H and O–H groups in total. The van der Waals surface area contributed by atoms with Crippen molar-refractivity contribution in [1.29, 1.82) is 0 Å². The maximum Gasteiger partial charge on any atom is 0.138 e. The lowest BCUT2D eigenvalue weighted by atomic mass is 10.1. The van der Waals surface area contributed by atoms with Gasteiger partial charge < -0.3 is 11.1 Å². The lowest BCUT2D eigenvalue weighted by Crippen LogP contribution is -2.12. The van der Waals surface area contributed by atoms with Crippen LogP contribution in [0.15, 0.2) is 12.1 Å². The van der Waals surface area contributed by atoms with E-state index in [4.69, 9.17) is 5.73 Å². The average molecular weight is 322 g/mol. The number of halogens is 2. The second-order valence-corrected chi connectivity index (χ2v) is 4.91. The van der Waals surface area contributed by atoms with E-state index < -0.39 is 0 Å². The molecule has 4 heteroatoms. The molecule has 1 aromatic carbocycles. The molecule has 0 bridgehead atoms. The van der Waals surface area contributed by atoms with Crippen LogP contribution in [0.1, 0.15) is 20.3 Å². The Bertz CT molecular complexity index is 342. The van der Waals surface area contributed by atoms with Gasteiger partial charge in [-0.15, -0.1) is 0 Å². The van der Waals surface area contributed by atoms with Crippen LogP contribution in [-0.2, 0) is 0 Å². The summed E-state index contributed by atoms with van der Waals surface area (Å²) in [5, 5.41) is 3.16. The molecular weight excluding hydrogens is 306 g/mol. The molecule has 0 aliphatic carbocycles. The summed E-state index contributed by atoms with van der Waals surface area (Å²) in [6.45, 7) is 5.09. The Labute approximate surface area is 104 Å². The predicted molar refractivity (Wildman–Crippen MR) is 71.5 cm³/mol. The second-order valence-electron chi connectivity index (χ2n) is 3.75. The van der Waals surface area contributed by atoms with Gasteiger partial charge in [-0.2, -0.15) is 0 Å². The Morgan fingerprint density at radius 1 is 1.53 bits per heavy atom. The minimum absolute atomic E-state index is 0.226. The molecule has 1 atom stereocenters. The highest BCUT2D eigenvalue weighted by Gasteiger charge is 2.06. The molecular formula is C11H16FIN2. The molecule has 0 heterocycles. The lowest BCUT2D eigenvalue weighted by Gasteiger charge is -2.13. The maximum absolute atomic E-state index is 13.3. The van der Waals surface area contributed by atoms with E-state index in [1.54, 1.807) is 6.07 Å². The van der Waals surface area contributed by atoms with Gasteiger partial charge in [0.2, 0.25) is 0 Å². The number of hydrogen-bond donors (Lipinski definition) is 2. The van der Waals surface area contributed by atoms with Crippen LogP contribution in [0.3, 0.4) is 0 Å². The Morgan fingerprint density at radius 3 is 2.80 bits per heavy atom. The van der Waals surface area contributed by atoms with Crippen LogP contribution in [0.4, 0.5) is 15.8 Å². The molecule has 1 aromatic rings. The molecule has 0 fully saturated rings. The molecule has 0 aliphatic heterocycles. The van der Waals surface area contributed by atoms with Crippen LogP contribution in [0.2, 0.25) is 0 Å². The first-order chi connectivity index (χ1) is 7.04. The summed E-state index contributed by atoms with van der Waals surface area (Å²) in [4.78, 5) is 0. The van der Waals surface area contributed by atoms with Crippen molar-refractivity contribution in [2.45, 2.75) is 20.3 Å². The van der Waals surface area contributed by atoms with Crippen LogP contribution in [-0.4, -0.2) is 6.54 Å². The molecule has 2 nitrogen and oxygen atoms in total. The second kappa shape index (κ2) is 5.53. The van der Waals surface area contributed by atoms with Crippen LogP contribution in [0.25, 0.3) is 0 Å². The topological polar surface area (TPSA) is 38.0 Å². The number of nitrogen functional groups attached to an aromatic ring is 1. The molecule has 1 rings (SSSR count). The van der Waals surface area contributed by atoms with Gasteiger partial charge in [-0.25, -0.2) is 4.39 Å². The third-order valence-corrected chi connectivity index (χ3v) is 3.26. The van der Waals surface area contributed by atoms with E-state index in [9.17, 15) is 4.39 Å². The third kappa shape index (κ3) is 3.52. The Kier molecular flexibility index (Phi) is 4.63.